The topological polar surface area (TPSA) is 76.1 Å². The minimum atomic E-state index is -0.291. The molecule has 6 nitrogen and oxygen atoms in total. The lowest BCUT2D eigenvalue weighted by Crippen LogP contribution is -2.21. The van der Waals surface area contributed by atoms with Crippen molar-refractivity contribution in [3.05, 3.63) is 71.3 Å². The van der Waals surface area contributed by atoms with Crippen LogP contribution >= 0.6 is 0 Å². The van der Waals surface area contributed by atoms with Crippen LogP contribution in [0.5, 0.6) is 5.75 Å². The molecule has 0 spiro atoms. The van der Waals surface area contributed by atoms with E-state index in [1.54, 1.807) is 12.1 Å². The Hall–Kier alpha value is -3.41. The van der Waals surface area contributed by atoms with E-state index in [9.17, 15) is 4.79 Å². The van der Waals surface area contributed by atoms with Gasteiger partial charge in [0, 0.05) is 5.69 Å². The second-order valence-corrected chi connectivity index (χ2v) is 6.35. The van der Waals surface area contributed by atoms with E-state index in [-0.39, 0.29) is 12.5 Å². The number of carbonyl (C=O) groups is 1. The number of nitrogens with zero attached hydrogens (tertiary/aromatic N) is 2. The first-order chi connectivity index (χ1) is 13.0. The zero-order chi connectivity index (χ0) is 19.2. The van der Waals surface area contributed by atoms with Crippen LogP contribution in [-0.2, 0) is 4.79 Å². The number of benzene rings is 2. The Kier molecular flexibility index (Phi) is 5.66. The molecule has 0 aliphatic rings. The molecule has 0 atom stereocenters. The van der Waals surface area contributed by atoms with E-state index in [1.165, 1.54) is 0 Å². The Morgan fingerprint density at radius 1 is 0.889 bits per heavy atom. The van der Waals surface area contributed by atoms with Crippen LogP contribution in [-0.4, -0.2) is 22.7 Å². The van der Waals surface area contributed by atoms with Crippen LogP contribution in [0.15, 0.2) is 54.6 Å². The molecular formula is C21H22N4O2. The predicted molar refractivity (Wildman–Crippen MR) is 107 cm³/mol. The van der Waals surface area contributed by atoms with E-state index in [0.29, 0.717) is 17.4 Å². The van der Waals surface area contributed by atoms with E-state index in [0.717, 1.165) is 22.4 Å². The molecule has 2 N–H and O–H groups in total. The first-order valence-electron chi connectivity index (χ1n) is 8.67. The van der Waals surface area contributed by atoms with E-state index in [1.807, 2.05) is 63.2 Å². The summed E-state index contributed by atoms with van der Waals surface area (Å²) in [6, 6.07) is 17.1. The van der Waals surface area contributed by atoms with Gasteiger partial charge in [-0.25, -0.2) is 0 Å². The summed E-state index contributed by atoms with van der Waals surface area (Å²) in [5.41, 5.74) is 4.40. The van der Waals surface area contributed by atoms with Crippen molar-refractivity contribution in [3.8, 4) is 5.75 Å². The highest BCUT2D eigenvalue weighted by Gasteiger charge is 2.07. The maximum Gasteiger partial charge on any atom is 0.263 e. The van der Waals surface area contributed by atoms with Gasteiger partial charge in [0.2, 0.25) is 0 Å². The molecule has 0 saturated carbocycles. The normalized spacial score (nSPS) is 10.3. The molecule has 0 radical (unpaired) electrons. The van der Waals surface area contributed by atoms with Gasteiger partial charge >= 0.3 is 0 Å². The molecule has 0 aliphatic heterocycles. The largest absolute Gasteiger partial charge is 0.484 e. The Morgan fingerprint density at radius 3 is 2.15 bits per heavy atom. The Bertz CT molecular complexity index is 902. The molecule has 6 heteroatoms. The van der Waals surface area contributed by atoms with Crippen LogP contribution < -0.4 is 15.4 Å². The number of aryl methyl sites for hydroxylation is 3. The fraction of sp³-hybridized carbons (Fsp3) is 0.190. The molecule has 3 rings (SSSR count). The lowest BCUT2D eigenvalue weighted by molar-refractivity contribution is -0.118. The van der Waals surface area contributed by atoms with Crippen molar-refractivity contribution in [1.29, 1.82) is 0 Å². The van der Waals surface area contributed by atoms with Gasteiger partial charge in [0.15, 0.2) is 18.2 Å². The minimum Gasteiger partial charge on any atom is -0.484 e. The monoisotopic (exact) mass is 362 g/mol. The van der Waals surface area contributed by atoms with Crippen molar-refractivity contribution in [3.63, 3.8) is 0 Å². The number of hydrogen-bond donors (Lipinski definition) is 2. The molecular weight excluding hydrogens is 340 g/mol. The van der Waals surface area contributed by atoms with Gasteiger partial charge in [0.25, 0.3) is 5.91 Å². The number of nitrogens with one attached hydrogen (secondary N) is 2. The average molecular weight is 362 g/mol. The fourth-order valence-electron chi connectivity index (χ4n) is 2.57. The van der Waals surface area contributed by atoms with Crippen molar-refractivity contribution in [2.75, 3.05) is 17.2 Å². The van der Waals surface area contributed by atoms with E-state index in [4.69, 9.17) is 4.74 Å². The summed E-state index contributed by atoms with van der Waals surface area (Å²) >= 11 is 0. The Labute approximate surface area is 158 Å². The van der Waals surface area contributed by atoms with Crippen molar-refractivity contribution >= 4 is 23.2 Å². The summed E-state index contributed by atoms with van der Waals surface area (Å²) < 4.78 is 5.45. The fourth-order valence-corrected chi connectivity index (χ4v) is 2.57. The van der Waals surface area contributed by atoms with Crippen LogP contribution in [0.1, 0.15) is 16.7 Å². The smallest absolute Gasteiger partial charge is 0.263 e. The lowest BCUT2D eigenvalue weighted by Gasteiger charge is -2.12. The van der Waals surface area contributed by atoms with Crippen molar-refractivity contribution in [2.24, 2.45) is 0 Å². The van der Waals surface area contributed by atoms with Gasteiger partial charge in [0.1, 0.15) is 5.75 Å². The summed E-state index contributed by atoms with van der Waals surface area (Å²) in [6.45, 7) is 5.97. The van der Waals surface area contributed by atoms with E-state index in [2.05, 4.69) is 20.8 Å². The molecule has 0 bridgehead atoms. The maximum atomic E-state index is 12.0. The van der Waals surface area contributed by atoms with Gasteiger partial charge in [-0.3, -0.25) is 4.79 Å². The highest BCUT2D eigenvalue weighted by molar-refractivity contribution is 5.90. The third-order valence-electron chi connectivity index (χ3n) is 4.06. The molecule has 1 heterocycles. The van der Waals surface area contributed by atoms with Crippen molar-refractivity contribution < 1.29 is 9.53 Å². The number of carbonyl (C=O) groups excluding carboxylic acids is 1. The highest BCUT2D eigenvalue weighted by atomic mass is 16.5. The molecule has 0 fully saturated rings. The zero-order valence-corrected chi connectivity index (χ0v) is 15.6. The molecule has 0 aliphatic carbocycles. The SMILES string of the molecule is Cc1ccc(OCC(=O)Nc2ccc(Nc3c(C)cccc3C)nn2)cc1. The van der Waals surface area contributed by atoms with Gasteiger partial charge < -0.3 is 15.4 Å². The minimum absolute atomic E-state index is 0.0901. The van der Waals surface area contributed by atoms with E-state index < -0.39 is 0 Å². The summed E-state index contributed by atoms with van der Waals surface area (Å²) in [4.78, 5) is 12.0. The summed E-state index contributed by atoms with van der Waals surface area (Å²) in [5, 5.41) is 14.1. The molecule has 3 aromatic rings. The van der Waals surface area contributed by atoms with Crippen LogP contribution in [0.3, 0.4) is 0 Å². The number of anilines is 3. The van der Waals surface area contributed by atoms with Crippen LogP contribution in [0.25, 0.3) is 0 Å². The average Bonchev–Trinajstić information content (AvgIpc) is 2.66. The highest BCUT2D eigenvalue weighted by Crippen LogP contribution is 2.23. The summed E-state index contributed by atoms with van der Waals surface area (Å²) in [6.07, 6.45) is 0. The molecule has 138 valence electrons. The quantitative estimate of drug-likeness (QED) is 0.688. The second-order valence-electron chi connectivity index (χ2n) is 6.35. The summed E-state index contributed by atoms with van der Waals surface area (Å²) in [7, 11) is 0. The molecule has 27 heavy (non-hydrogen) atoms. The molecule has 1 amide bonds. The maximum absolute atomic E-state index is 12.0. The number of hydrogen-bond acceptors (Lipinski definition) is 5. The molecule has 1 aromatic heterocycles. The first-order valence-corrected chi connectivity index (χ1v) is 8.67. The third kappa shape index (κ3) is 5.04. The second kappa shape index (κ2) is 8.31. The molecule has 2 aromatic carbocycles. The van der Waals surface area contributed by atoms with Gasteiger partial charge in [-0.05, 0) is 56.2 Å². The van der Waals surface area contributed by atoms with Gasteiger partial charge in [0.05, 0.1) is 0 Å². The standard InChI is InChI=1S/C21H22N4O2/c1-14-7-9-17(10-8-14)27-13-20(26)22-18-11-12-19(25-24-18)23-21-15(2)5-4-6-16(21)3/h4-12H,13H2,1-3H3,(H,23,25)(H,22,24,26). The third-order valence-corrected chi connectivity index (χ3v) is 4.06. The van der Waals surface area contributed by atoms with Crippen molar-refractivity contribution in [1.82, 2.24) is 10.2 Å². The predicted octanol–water partition coefficient (Wildman–Crippen LogP) is 4.16. The zero-order valence-electron chi connectivity index (χ0n) is 15.6. The number of para-hydroxylation sites is 1. The molecule has 0 saturated heterocycles. The van der Waals surface area contributed by atoms with E-state index >= 15 is 0 Å². The number of aromatic nitrogens is 2. The van der Waals surface area contributed by atoms with Gasteiger partial charge in [-0.15, -0.1) is 10.2 Å². The van der Waals surface area contributed by atoms with Gasteiger partial charge in [-0.2, -0.15) is 0 Å². The van der Waals surface area contributed by atoms with Crippen molar-refractivity contribution in [2.45, 2.75) is 20.8 Å². The Balaban J connectivity index is 1.55. The first kappa shape index (κ1) is 18.4. The molecule has 0 unspecified atom stereocenters. The number of rotatable bonds is 6. The Morgan fingerprint density at radius 2 is 1.52 bits per heavy atom. The van der Waals surface area contributed by atoms with Crippen LogP contribution in [0.2, 0.25) is 0 Å². The summed E-state index contributed by atoms with van der Waals surface area (Å²) in [5.74, 6) is 1.34. The van der Waals surface area contributed by atoms with Crippen LogP contribution in [0.4, 0.5) is 17.3 Å². The lowest BCUT2D eigenvalue weighted by atomic mass is 10.1. The van der Waals surface area contributed by atoms with Gasteiger partial charge in [-0.1, -0.05) is 35.9 Å². The van der Waals surface area contributed by atoms with Crippen LogP contribution in [0, 0.1) is 20.8 Å². The number of ether oxygens (including phenoxy) is 1. The number of amides is 1.